The van der Waals surface area contributed by atoms with Crippen LogP contribution in [0.4, 0.5) is 23.3 Å². The van der Waals surface area contributed by atoms with Gasteiger partial charge in [-0.3, -0.25) is 0 Å². The highest BCUT2D eigenvalue weighted by Gasteiger charge is 2.11. The maximum atomic E-state index is 6.08. The van der Waals surface area contributed by atoms with Gasteiger partial charge in [0.2, 0.25) is 11.9 Å². The first-order valence-electron chi connectivity index (χ1n) is 8.95. The number of nitrogens with zero attached hydrogens (tertiary/aromatic N) is 4. The van der Waals surface area contributed by atoms with E-state index in [1.54, 1.807) is 0 Å². The van der Waals surface area contributed by atoms with Crippen LogP contribution in [0.2, 0.25) is 5.02 Å². The molecule has 0 aliphatic carbocycles. The molecule has 0 radical (unpaired) electrons. The summed E-state index contributed by atoms with van der Waals surface area (Å²) in [6.45, 7) is 4.98. The molecule has 0 saturated heterocycles. The van der Waals surface area contributed by atoms with E-state index in [0.717, 1.165) is 11.4 Å². The molecule has 0 fully saturated rings. The Kier molecular flexibility index (Phi) is 6.49. The van der Waals surface area contributed by atoms with E-state index in [2.05, 4.69) is 20.3 Å². The molecule has 146 valence electrons. The van der Waals surface area contributed by atoms with Crippen molar-refractivity contribution in [3.05, 3.63) is 53.8 Å². The van der Waals surface area contributed by atoms with E-state index in [4.69, 9.17) is 21.1 Å². The fourth-order valence-corrected chi connectivity index (χ4v) is 2.75. The van der Waals surface area contributed by atoms with Crippen molar-refractivity contribution in [3.63, 3.8) is 0 Å². The van der Waals surface area contributed by atoms with Gasteiger partial charge in [-0.05, 0) is 44.2 Å². The number of halogens is 1. The average molecular weight is 400 g/mol. The van der Waals surface area contributed by atoms with Crippen LogP contribution in [0.1, 0.15) is 13.8 Å². The summed E-state index contributed by atoms with van der Waals surface area (Å²) in [5, 5.41) is 3.83. The maximum Gasteiger partial charge on any atom is 0.234 e. The molecule has 0 aliphatic heterocycles. The lowest BCUT2D eigenvalue weighted by atomic mass is 10.2. The van der Waals surface area contributed by atoms with E-state index < -0.39 is 0 Å². The summed E-state index contributed by atoms with van der Waals surface area (Å²) < 4.78 is 11.3. The minimum absolute atomic E-state index is 0.422. The summed E-state index contributed by atoms with van der Waals surface area (Å²) >= 11 is 6.08. The van der Waals surface area contributed by atoms with Gasteiger partial charge in [0.25, 0.3) is 0 Å². The van der Waals surface area contributed by atoms with Gasteiger partial charge in [-0.1, -0.05) is 17.7 Å². The number of ether oxygens (including phenoxy) is 2. The minimum Gasteiger partial charge on any atom is -0.490 e. The molecule has 3 rings (SSSR count). The Balaban J connectivity index is 1.82. The second-order valence-corrected chi connectivity index (χ2v) is 6.24. The standard InChI is InChI=1S/C20H22ClN5O2/c1-4-27-17-10-9-15(12-18(17)28-5-2)24-19-22-13-23-20(25-19)26(3)16-8-6-7-14(21)11-16/h6-13H,4-5H2,1-3H3,(H,22,23,24,25). The first-order chi connectivity index (χ1) is 13.6. The van der Waals surface area contributed by atoms with Crippen molar-refractivity contribution < 1.29 is 9.47 Å². The third-order valence-electron chi connectivity index (χ3n) is 3.85. The van der Waals surface area contributed by atoms with Crippen molar-refractivity contribution in [2.45, 2.75) is 13.8 Å². The van der Waals surface area contributed by atoms with Gasteiger partial charge in [0, 0.05) is 29.5 Å². The molecule has 1 aromatic heterocycles. The van der Waals surface area contributed by atoms with E-state index in [0.29, 0.717) is 41.6 Å². The molecule has 0 saturated carbocycles. The summed E-state index contributed by atoms with van der Waals surface area (Å²) in [6, 6.07) is 13.1. The van der Waals surface area contributed by atoms with Crippen LogP contribution in [-0.2, 0) is 0 Å². The Morgan fingerprint density at radius 1 is 1.00 bits per heavy atom. The molecule has 8 heteroatoms. The van der Waals surface area contributed by atoms with Crippen molar-refractivity contribution >= 4 is 34.9 Å². The molecule has 0 atom stereocenters. The zero-order chi connectivity index (χ0) is 19.9. The lowest BCUT2D eigenvalue weighted by Gasteiger charge is -2.18. The highest BCUT2D eigenvalue weighted by Crippen LogP contribution is 2.31. The van der Waals surface area contributed by atoms with Crippen LogP contribution in [0.25, 0.3) is 0 Å². The molecule has 2 aromatic carbocycles. The summed E-state index contributed by atoms with van der Waals surface area (Å²) in [7, 11) is 1.87. The monoisotopic (exact) mass is 399 g/mol. The molecule has 0 unspecified atom stereocenters. The van der Waals surface area contributed by atoms with Gasteiger partial charge in [0.15, 0.2) is 11.5 Å². The lowest BCUT2D eigenvalue weighted by Crippen LogP contribution is -2.14. The number of nitrogens with one attached hydrogen (secondary N) is 1. The molecular formula is C20H22ClN5O2. The zero-order valence-corrected chi connectivity index (χ0v) is 16.8. The van der Waals surface area contributed by atoms with Gasteiger partial charge in [-0.2, -0.15) is 4.98 Å². The van der Waals surface area contributed by atoms with E-state index in [-0.39, 0.29) is 0 Å². The van der Waals surface area contributed by atoms with Crippen molar-refractivity contribution in [1.29, 1.82) is 0 Å². The highest BCUT2D eigenvalue weighted by atomic mass is 35.5. The first kappa shape index (κ1) is 19.7. The van der Waals surface area contributed by atoms with Crippen LogP contribution in [0.15, 0.2) is 48.8 Å². The minimum atomic E-state index is 0.422. The molecule has 3 aromatic rings. The Morgan fingerprint density at radius 2 is 1.79 bits per heavy atom. The molecule has 0 aliphatic rings. The van der Waals surface area contributed by atoms with E-state index >= 15 is 0 Å². The summed E-state index contributed by atoms with van der Waals surface area (Å²) in [5.41, 5.74) is 1.67. The molecule has 7 nitrogen and oxygen atoms in total. The Hall–Kier alpha value is -3.06. The Labute approximate surface area is 169 Å². The van der Waals surface area contributed by atoms with Crippen LogP contribution in [0.5, 0.6) is 11.5 Å². The lowest BCUT2D eigenvalue weighted by molar-refractivity contribution is 0.288. The van der Waals surface area contributed by atoms with Gasteiger partial charge in [0.1, 0.15) is 6.33 Å². The number of benzene rings is 2. The van der Waals surface area contributed by atoms with Crippen LogP contribution >= 0.6 is 11.6 Å². The second-order valence-electron chi connectivity index (χ2n) is 5.80. The van der Waals surface area contributed by atoms with Crippen LogP contribution in [0.3, 0.4) is 0 Å². The molecular weight excluding hydrogens is 378 g/mol. The first-order valence-corrected chi connectivity index (χ1v) is 9.33. The fourth-order valence-electron chi connectivity index (χ4n) is 2.57. The predicted molar refractivity (Wildman–Crippen MR) is 111 cm³/mol. The van der Waals surface area contributed by atoms with Crippen LogP contribution < -0.4 is 19.7 Å². The van der Waals surface area contributed by atoms with Gasteiger partial charge in [0.05, 0.1) is 13.2 Å². The molecule has 1 heterocycles. The molecule has 0 spiro atoms. The van der Waals surface area contributed by atoms with Gasteiger partial charge >= 0.3 is 0 Å². The number of hydrogen-bond donors (Lipinski definition) is 1. The van der Waals surface area contributed by atoms with Crippen LogP contribution in [-0.4, -0.2) is 35.2 Å². The molecule has 1 N–H and O–H groups in total. The SMILES string of the molecule is CCOc1ccc(Nc2ncnc(N(C)c3cccc(Cl)c3)n2)cc1OCC. The molecule has 0 bridgehead atoms. The maximum absolute atomic E-state index is 6.08. The normalized spacial score (nSPS) is 10.4. The third-order valence-corrected chi connectivity index (χ3v) is 4.09. The largest absolute Gasteiger partial charge is 0.490 e. The van der Waals surface area contributed by atoms with Crippen molar-refractivity contribution in [3.8, 4) is 11.5 Å². The predicted octanol–water partition coefficient (Wildman–Crippen LogP) is 4.83. The second kappa shape index (κ2) is 9.23. The molecule has 28 heavy (non-hydrogen) atoms. The summed E-state index contributed by atoms with van der Waals surface area (Å²) in [6.07, 6.45) is 1.46. The van der Waals surface area contributed by atoms with Gasteiger partial charge in [-0.15, -0.1) is 0 Å². The number of rotatable bonds is 8. The van der Waals surface area contributed by atoms with E-state index in [1.807, 2.05) is 68.3 Å². The third kappa shape index (κ3) is 4.80. The Morgan fingerprint density at radius 3 is 2.54 bits per heavy atom. The smallest absolute Gasteiger partial charge is 0.234 e. The van der Waals surface area contributed by atoms with Crippen LogP contribution in [0, 0.1) is 0 Å². The van der Waals surface area contributed by atoms with E-state index in [1.165, 1.54) is 6.33 Å². The topological polar surface area (TPSA) is 72.4 Å². The van der Waals surface area contributed by atoms with Gasteiger partial charge < -0.3 is 19.7 Å². The number of aromatic nitrogens is 3. The quantitative estimate of drug-likeness (QED) is 0.581. The average Bonchev–Trinajstić information content (AvgIpc) is 2.70. The summed E-state index contributed by atoms with van der Waals surface area (Å²) in [4.78, 5) is 14.8. The van der Waals surface area contributed by atoms with Crippen molar-refractivity contribution in [2.24, 2.45) is 0 Å². The summed E-state index contributed by atoms with van der Waals surface area (Å²) in [5.74, 6) is 2.29. The fraction of sp³-hybridized carbons (Fsp3) is 0.250. The van der Waals surface area contributed by atoms with Gasteiger partial charge in [-0.25, -0.2) is 9.97 Å². The Bertz CT molecular complexity index is 938. The number of anilines is 4. The zero-order valence-electron chi connectivity index (χ0n) is 16.0. The van der Waals surface area contributed by atoms with Crippen molar-refractivity contribution in [1.82, 2.24) is 15.0 Å². The number of hydrogen-bond acceptors (Lipinski definition) is 7. The molecule has 0 amide bonds. The van der Waals surface area contributed by atoms with E-state index in [9.17, 15) is 0 Å². The highest BCUT2D eigenvalue weighted by molar-refractivity contribution is 6.30. The van der Waals surface area contributed by atoms with Crippen molar-refractivity contribution in [2.75, 3.05) is 30.5 Å².